The Morgan fingerprint density at radius 3 is 2.67 bits per heavy atom. The summed E-state index contributed by atoms with van der Waals surface area (Å²) < 4.78 is 10.8. The molecule has 5 nitrogen and oxygen atoms in total. The second kappa shape index (κ2) is 5.13. The Morgan fingerprint density at radius 1 is 1.29 bits per heavy atom. The van der Waals surface area contributed by atoms with Crippen LogP contribution in [0.25, 0.3) is 0 Å². The van der Waals surface area contributed by atoms with Gasteiger partial charge in [-0.3, -0.25) is 0 Å². The van der Waals surface area contributed by atoms with Crippen LogP contribution in [0.15, 0.2) is 0 Å². The van der Waals surface area contributed by atoms with Crippen LogP contribution < -0.4 is 5.32 Å². The van der Waals surface area contributed by atoms with Crippen LogP contribution in [0.5, 0.6) is 0 Å². The predicted octanol–water partition coefficient (Wildman–Crippen LogP) is 1.76. The second-order valence-corrected chi connectivity index (χ2v) is 7.21. The summed E-state index contributed by atoms with van der Waals surface area (Å²) in [6.07, 6.45) is 7.71. The zero-order valence-corrected chi connectivity index (χ0v) is 12.8. The minimum atomic E-state index is -0.184. The van der Waals surface area contributed by atoms with Crippen molar-refractivity contribution in [3.63, 3.8) is 0 Å². The number of rotatable bonds is 2. The van der Waals surface area contributed by atoms with Gasteiger partial charge in [0.15, 0.2) is 0 Å². The molecule has 0 bridgehead atoms. The van der Waals surface area contributed by atoms with Crippen LogP contribution >= 0.6 is 0 Å². The number of nitrogens with one attached hydrogen (secondary N) is 1. The quantitative estimate of drug-likeness (QED) is 0.843. The molecule has 5 heteroatoms. The average molecular weight is 294 g/mol. The van der Waals surface area contributed by atoms with E-state index in [4.69, 9.17) is 9.47 Å². The van der Waals surface area contributed by atoms with E-state index in [1.165, 1.54) is 32.8 Å². The topological polar surface area (TPSA) is 50.8 Å². The number of ether oxygens (including phenoxy) is 2. The van der Waals surface area contributed by atoms with Gasteiger partial charge in [0.25, 0.3) is 0 Å². The molecule has 4 rings (SSSR count). The normalized spacial score (nSPS) is 37.8. The van der Waals surface area contributed by atoms with E-state index >= 15 is 0 Å². The number of amides is 1. The smallest absolute Gasteiger partial charge is 0.409 e. The lowest BCUT2D eigenvalue weighted by molar-refractivity contribution is -0.179. The number of carbonyl (C=O) groups excluding carboxylic acids is 1. The molecule has 4 fully saturated rings. The van der Waals surface area contributed by atoms with Crippen LogP contribution in [0, 0.1) is 11.3 Å². The molecule has 2 saturated carbocycles. The minimum absolute atomic E-state index is 0.184. The van der Waals surface area contributed by atoms with E-state index in [1.807, 2.05) is 4.90 Å². The molecule has 21 heavy (non-hydrogen) atoms. The summed E-state index contributed by atoms with van der Waals surface area (Å²) >= 11 is 0. The van der Waals surface area contributed by atoms with E-state index in [2.05, 4.69) is 5.32 Å². The Hall–Kier alpha value is -0.810. The fourth-order valence-electron chi connectivity index (χ4n) is 5.11. The Kier molecular flexibility index (Phi) is 3.38. The van der Waals surface area contributed by atoms with Gasteiger partial charge in [-0.05, 0) is 32.1 Å². The van der Waals surface area contributed by atoms with E-state index in [1.54, 1.807) is 0 Å². The molecule has 1 N–H and O–H groups in total. The number of fused-ring (bicyclic) bond motifs is 2. The number of hydrogen-bond acceptors (Lipinski definition) is 4. The molecule has 0 aromatic carbocycles. The first-order valence-electron chi connectivity index (χ1n) is 8.45. The maximum Gasteiger partial charge on any atom is 0.409 e. The third-order valence-corrected chi connectivity index (χ3v) is 6.38. The van der Waals surface area contributed by atoms with Gasteiger partial charge in [0, 0.05) is 43.1 Å². The maximum atomic E-state index is 11.5. The van der Waals surface area contributed by atoms with E-state index in [-0.39, 0.29) is 6.09 Å². The van der Waals surface area contributed by atoms with Crippen molar-refractivity contribution >= 4 is 6.09 Å². The number of nitrogens with zero attached hydrogens (tertiary/aromatic N) is 1. The van der Waals surface area contributed by atoms with E-state index in [9.17, 15) is 4.79 Å². The van der Waals surface area contributed by atoms with Crippen LogP contribution in [0.1, 0.15) is 38.5 Å². The highest BCUT2D eigenvalue weighted by Gasteiger charge is 2.66. The van der Waals surface area contributed by atoms with Crippen molar-refractivity contribution in [1.29, 1.82) is 0 Å². The highest BCUT2D eigenvalue weighted by molar-refractivity contribution is 5.67. The predicted molar refractivity (Wildman–Crippen MR) is 78.1 cm³/mol. The molecular weight excluding hydrogens is 268 g/mol. The van der Waals surface area contributed by atoms with Crippen LogP contribution in [-0.2, 0) is 9.47 Å². The van der Waals surface area contributed by atoms with Gasteiger partial charge in [0.1, 0.15) is 0 Å². The van der Waals surface area contributed by atoms with Gasteiger partial charge in [-0.2, -0.15) is 0 Å². The van der Waals surface area contributed by atoms with Crippen LogP contribution in [-0.4, -0.2) is 56.0 Å². The van der Waals surface area contributed by atoms with Gasteiger partial charge in [-0.1, -0.05) is 6.42 Å². The third-order valence-electron chi connectivity index (χ3n) is 6.38. The number of carbonyl (C=O) groups is 1. The lowest BCUT2D eigenvalue weighted by Crippen LogP contribution is -2.72. The van der Waals surface area contributed by atoms with Crippen molar-refractivity contribution in [1.82, 2.24) is 10.2 Å². The number of methoxy groups -OCH3 is 1. The molecule has 1 amide bonds. The average Bonchev–Trinajstić information content (AvgIpc) is 2.88. The summed E-state index contributed by atoms with van der Waals surface area (Å²) in [4.78, 5) is 13.4. The number of likely N-dealkylation sites (tertiary alicyclic amines) is 1. The second-order valence-electron chi connectivity index (χ2n) is 7.21. The molecule has 2 aliphatic heterocycles. The standard InChI is InChI=1S/C16H26N2O3/c1-20-15(19)18-8-3-11(4-9-18)17-13-12-5-10-21-14(12)16(13)6-2-7-16/h11-14,17H,2-10H2,1H3/t12-,13-,14-/m1/s1. The van der Waals surface area contributed by atoms with Crippen molar-refractivity contribution in [2.45, 2.75) is 56.7 Å². The summed E-state index contributed by atoms with van der Waals surface area (Å²) in [5.41, 5.74) is 0.459. The fourth-order valence-corrected chi connectivity index (χ4v) is 5.11. The zero-order valence-electron chi connectivity index (χ0n) is 12.8. The third kappa shape index (κ3) is 2.00. The van der Waals surface area contributed by atoms with Crippen molar-refractivity contribution in [2.75, 3.05) is 26.8 Å². The maximum absolute atomic E-state index is 11.5. The minimum Gasteiger partial charge on any atom is -0.453 e. The molecule has 4 aliphatic rings. The molecule has 2 heterocycles. The van der Waals surface area contributed by atoms with Crippen LogP contribution in [0.2, 0.25) is 0 Å². The van der Waals surface area contributed by atoms with E-state index < -0.39 is 0 Å². The molecule has 0 radical (unpaired) electrons. The molecule has 0 aromatic rings. The Balaban J connectivity index is 1.34. The summed E-state index contributed by atoms with van der Waals surface area (Å²) in [5, 5.41) is 3.94. The van der Waals surface area contributed by atoms with Crippen molar-refractivity contribution < 1.29 is 14.3 Å². The highest BCUT2D eigenvalue weighted by atomic mass is 16.5. The Labute approximate surface area is 126 Å². The van der Waals surface area contributed by atoms with Crippen LogP contribution in [0.4, 0.5) is 4.79 Å². The van der Waals surface area contributed by atoms with Gasteiger partial charge in [0.05, 0.1) is 13.2 Å². The van der Waals surface area contributed by atoms with Crippen molar-refractivity contribution in [2.24, 2.45) is 11.3 Å². The van der Waals surface area contributed by atoms with Crippen LogP contribution in [0.3, 0.4) is 0 Å². The molecule has 2 saturated heterocycles. The SMILES string of the molecule is COC(=O)N1CCC(N[C@@H]2[C@H]3CCO[C@H]3C23CCC3)CC1. The lowest BCUT2D eigenvalue weighted by Gasteiger charge is -2.64. The Bertz CT molecular complexity index is 416. The molecule has 0 aromatic heterocycles. The largest absolute Gasteiger partial charge is 0.453 e. The molecule has 1 spiro atoms. The zero-order chi connectivity index (χ0) is 14.4. The molecule has 2 aliphatic carbocycles. The van der Waals surface area contributed by atoms with Gasteiger partial charge in [0.2, 0.25) is 0 Å². The van der Waals surface area contributed by atoms with Gasteiger partial charge in [-0.15, -0.1) is 0 Å². The number of piperidine rings is 1. The summed E-state index contributed by atoms with van der Waals surface area (Å²) in [7, 11) is 1.46. The molecule has 118 valence electrons. The van der Waals surface area contributed by atoms with Crippen molar-refractivity contribution in [3.8, 4) is 0 Å². The molecule has 3 atom stereocenters. The molecular formula is C16H26N2O3. The van der Waals surface area contributed by atoms with Gasteiger partial charge in [-0.25, -0.2) is 4.79 Å². The number of hydrogen-bond donors (Lipinski definition) is 1. The Morgan fingerprint density at radius 2 is 2.05 bits per heavy atom. The van der Waals surface area contributed by atoms with E-state index in [0.29, 0.717) is 23.6 Å². The lowest BCUT2D eigenvalue weighted by atomic mass is 9.46. The fraction of sp³-hybridized carbons (Fsp3) is 0.938. The van der Waals surface area contributed by atoms with Crippen molar-refractivity contribution in [3.05, 3.63) is 0 Å². The first-order chi connectivity index (χ1) is 10.2. The highest BCUT2D eigenvalue weighted by Crippen LogP contribution is 2.62. The summed E-state index contributed by atoms with van der Waals surface area (Å²) in [6, 6.07) is 1.21. The first kappa shape index (κ1) is 13.8. The monoisotopic (exact) mass is 294 g/mol. The summed E-state index contributed by atoms with van der Waals surface area (Å²) in [6.45, 7) is 2.58. The van der Waals surface area contributed by atoms with Gasteiger partial charge < -0.3 is 19.7 Å². The first-order valence-corrected chi connectivity index (χ1v) is 8.45. The van der Waals surface area contributed by atoms with Gasteiger partial charge >= 0.3 is 6.09 Å². The van der Waals surface area contributed by atoms with E-state index in [0.717, 1.165) is 38.5 Å². The summed E-state index contributed by atoms with van der Waals surface area (Å²) in [5.74, 6) is 0.740. The molecule has 0 unspecified atom stereocenters.